The average Bonchev–Trinajstić information content (AvgIpc) is 2.39. The summed E-state index contributed by atoms with van der Waals surface area (Å²) in [5, 5.41) is 9.24. The molecule has 0 aliphatic heterocycles. The number of nitrogens with zero attached hydrogens (tertiary/aromatic N) is 1. The van der Waals surface area contributed by atoms with Crippen LogP contribution in [0.3, 0.4) is 0 Å². The van der Waals surface area contributed by atoms with E-state index in [1.165, 1.54) is 12.1 Å². The van der Waals surface area contributed by atoms with Crippen LogP contribution >= 0.6 is 15.9 Å². The number of esters is 1. The lowest BCUT2D eigenvalue weighted by Gasteiger charge is -2.16. The summed E-state index contributed by atoms with van der Waals surface area (Å²) < 4.78 is 46.1. The molecular weight excluding hydrogens is 355 g/mol. The van der Waals surface area contributed by atoms with Gasteiger partial charge in [0.1, 0.15) is 6.07 Å². The zero-order chi connectivity index (χ0) is 16.0. The normalized spacial score (nSPS) is 10.9. The van der Waals surface area contributed by atoms with Gasteiger partial charge in [-0.2, -0.15) is 5.26 Å². The van der Waals surface area contributed by atoms with Crippen molar-refractivity contribution in [2.45, 2.75) is 25.0 Å². The molecule has 0 aliphatic rings. The van der Waals surface area contributed by atoms with Crippen LogP contribution in [0.25, 0.3) is 0 Å². The number of benzene rings is 1. The fraction of sp³-hybridized carbons (Fsp3) is 0.385. The monoisotopic (exact) mass is 365 g/mol. The summed E-state index contributed by atoms with van der Waals surface area (Å²) in [5.74, 6) is -1.35. The largest absolute Gasteiger partial charge is 0.573 e. The van der Waals surface area contributed by atoms with Crippen LogP contribution in [0.1, 0.15) is 23.6 Å². The molecule has 0 aliphatic carbocycles. The highest BCUT2D eigenvalue weighted by molar-refractivity contribution is 9.08. The third-order valence-electron chi connectivity index (χ3n) is 2.44. The number of hydrogen-bond acceptors (Lipinski definition) is 4. The Hall–Kier alpha value is -1.75. The van der Waals surface area contributed by atoms with Crippen molar-refractivity contribution in [2.24, 2.45) is 0 Å². The van der Waals surface area contributed by atoms with Gasteiger partial charge < -0.3 is 9.47 Å². The van der Waals surface area contributed by atoms with Gasteiger partial charge >= 0.3 is 12.3 Å². The number of alkyl halides is 4. The first-order valence-electron chi connectivity index (χ1n) is 5.84. The number of hydrogen-bond donors (Lipinski definition) is 0. The van der Waals surface area contributed by atoms with Crippen LogP contribution in [0, 0.1) is 11.3 Å². The standard InChI is InChI=1S/C13H11BrF3NO3/c1-2-20-11(19)5-8-3-4-9(6-14)10(7-18)12(8)21-13(15,16)17/h3-4H,2,5-6H2,1H3. The van der Waals surface area contributed by atoms with Crippen LogP contribution in [0.15, 0.2) is 12.1 Å². The first kappa shape index (κ1) is 17.3. The first-order chi connectivity index (χ1) is 9.82. The lowest BCUT2D eigenvalue weighted by Crippen LogP contribution is -2.20. The molecule has 0 radical (unpaired) electrons. The molecule has 0 unspecified atom stereocenters. The molecular formula is C13H11BrF3NO3. The van der Waals surface area contributed by atoms with Gasteiger partial charge in [-0.1, -0.05) is 28.1 Å². The second-order valence-electron chi connectivity index (χ2n) is 3.86. The molecule has 0 N–H and O–H groups in total. The molecule has 0 spiro atoms. The minimum atomic E-state index is -4.96. The Morgan fingerprint density at radius 3 is 2.48 bits per heavy atom. The van der Waals surface area contributed by atoms with E-state index in [-0.39, 0.29) is 23.1 Å². The smallest absolute Gasteiger partial charge is 0.466 e. The summed E-state index contributed by atoms with van der Waals surface area (Å²) in [6.07, 6.45) is -5.36. The van der Waals surface area contributed by atoms with Crippen LogP contribution in [0.4, 0.5) is 13.2 Å². The van der Waals surface area contributed by atoms with Crippen molar-refractivity contribution < 1.29 is 27.4 Å². The van der Waals surface area contributed by atoms with Gasteiger partial charge in [0.2, 0.25) is 0 Å². The molecule has 1 rings (SSSR count). The summed E-state index contributed by atoms with van der Waals surface area (Å²) in [6, 6.07) is 4.45. The molecule has 4 nitrogen and oxygen atoms in total. The molecule has 1 aromatic rings. The van der Waals surface area contributed by atoms with Crippen LogP contribution in [0.2, 0.25) is 0 Å². The summed E-state index contributed by atoms with van der Waals surface area (Å²) in [5.41, 5.74) is 0.0300. The zero-order valence-corrected chi connectivity index (χ0v) is 12.5. The number of carbonyl (C=O) groups excluding carboxylic acids is 1. The molecule has 0 aromatic heterocycles. The predicted octanol–water partition coefficient (Wildman–Crippen LogP) is 3.46. The maximum atomic E-state index is 12.5. The van der Waals surface area contributed by atoms with Gasteiger partial charge in [-0.15, -0.1) is 13.2 Å². The van der Waals surface area contributed by atoms with Gasteiger partial charge in [-0.05, 0) is 12.5 Å². The molecule has 114 valence electrons. The van der Waals surface area contributed by atoms with Gasteiger partial charge in [0.05, 0.1) is 18.6 Å². The Balaban J connectivity index is 3.29. The fourth-order valence-corrected chi connectivity index (χ4v) is 2.11. The third-order valence-corrected chi connectivity index (χ3v) is 3.04. The Morgan fingerprint density at radius 1 is 1.38 bits per heavy atom. The second kappa shape index (κ2) is 7.31. The lowest BCUT2D eigenvalue weighted by atomic mass is 10.0. The number of nitriles is 1. The summed E-state index contributed by atoms with van der Waals surface area (Å²) in [6.45, 7) is 1.69. The molecule has 21 heavy (non-hydrogen) atoms. The molecule has 0 saturated carbocycles. The molecule has 0 amide bonds. The van der Waals surface area contributed by atoms with E-state index in [9.17, 15) is 18.0 Å². The molecule has 0 heterocycles. The van der Waals surface area contributed by atoms with Crippen LogP contribution < -0.4 is 4.74 Å². The van der Waals surface area contributed by atoms with E-state index in [1.54, 1.807) is 13.0 Å². The SMILES string of the molecule is CCOC(=O)Cc1ccc(CBr)c(C#N)c1OC(F)(F)F. The van der Waals surface area contributed by atoms with Crippen molar-refractivity contribution in [3.63, 3.8) is 0 Å². The van der Waals surface area contributed by atoms with Crippen molar-refractivity contribution >= 4 is 21.9 Å². The molecule has 8 heteroatoms. The van der Waals surface area contributed by atoms with E-state index in [4.69, 9.17) is 10.00 Å². The maximum absolute atomic E-state index is 12.5. The topological polar surface area (TPSA) is 59.3 Å². The quantitative estimate of drug-likeness (QED) is 0.592. The highest BCUT2D eigenvalue weighted by Crippen LogP contribution is 2.33. The third kappa shape index (κ3) is 4.93. The van der Waals surface area contributed by atoms with E-state index in [1.807, 2.05) is 0 Å². The average molecular weight is 366 g/mol. The fourth-order valence-electron chi connectivity index (χ4n) is 1.64. The van der Waals surface area contributed by atoms with E-state index < -0.39 is 24.5 Å². The van der Waals surface area contributed by atoms with E-state index in [0.29, 0.717) is 5.56 Å². The molecule has 0 bridgehead atoms. The number of rotatable bonds is 5. The minimum Gasteiger partial charge on any atom is -0.466 e. The number of halogens is 4. The van der Waals surface area contributed by atoms with Gasteiger partial charge in [0, 0.05) is 10.9 Å². The Labute approximate surface area is 127 Å². The van der Waals surface area contributed by atoms with E-state index in [0.717, 1.165) is 0 Å². The highest BCUT2D eigenvalue weighted by atomic mass is 79.9. The van der Waals surface area contributed by atoms with Gasteiger partial charge in [0.15, 0.2) is 5.75 Å². The van der Waals surface area contributed by atoms with Gasteiger partial charge in [-0.3, -0.25) is 4.79 Å². The van der Waals surface area contributed by atoms with Crippen LogP contribution in [-0.4, -0.2) is 18.9 Å². The van der Waals surface area contributed by atoms with Crippen LogP contribution in [-0.2, 0) is 21.3 Å². The van der Waals surface area contributed by atoms with E-state index in [2.05, 4.69) is 20.7 Å². The van der Waals surface area contributed by atoms with Gasteiger partial charge in [-0.25, -0.2) is 0 Å². The summed E-state index contributed by atoms with van der Waals surface area (Å²) >= 11 is 3.08. The lowest BCUT2D eigenvalue weighted by molar-refractivity contribution is -0.275. The number of ether oxygens (including phenoxy) is 2. The molecule has 1 aromatic carbocycles. The maximum Gasteiger partial charge on any atom is 0.573 e. The summed E-state index contributed by atoms with van der Waals surface area (Å²) in [4.78, 5) is 11.4. The Bertz CT molecular complexity index is 567. The Kier molecular flexibility index (Phi) is 6.03. The van der Waals surface area contributed by atoms with Crippen molar-refractivity contribution in [3.05, 3.63) is 28.8 Å². The van der Waals surface area contributed by atoms with Crippen LogP contribution in [0.5, 0.6) is 5.75 Å². The second-order valence-corrected chi connectivity index (χ2v) is 4.42. The summed E-state index contributed by atoms with van der Waals surface area (Å²) in [7, 11) is 0. The number of carbonyl (C=O) groups is 1. The highest BCUT2D eigenvalue weighted by Gasteiger charge is 2.34. The molecule has 0 fully saturated rings. The first-order valence-corrected chi connectivity index (χ1v) is 6.96. The van der Waals surface area contributed by atoms with Crippen molar-refractivity contribution in [2.75, 3.05) is 6.61 Å². The van der Waals surface area contributed by atoms with Crippen molar-refractivity contribution in [1.82, 2.24) is 0 Å². The molecule has 0 atom stereocenters. The molecule has 0 saturated heterocycles. The van der Waals surface area contributed by atoms with Crippen molar-refractivity contribution in [1.29, 1.82) is 5.26 Å². The van der Waals surface area contributed by atoms with E-state index >= 15 is 0 Å². The van der Waals surface area contributed by atoms with Gasteiger partial charge in [0.25, 0.3) is 0 Å². The predicted molar refractivity (Wildman–Crippen MR) is 70.8 cm³/mol. The zero-order valence-electron chi connectivity index (χ0n) is 11.0. The van der Waals surface area contributed by atoms with Crippen molar-refractivity contribution in [3.8, 4) is 11.8 Å². The minimum absolute atomic E-state index is 0.0491. The Morgan fingerprint density at radius 2 is 2.00 bits per heavy atom.